The minimum absolute atomic E-state index is 0.134. The van der Waals surface area contributed by atoms with E-state index in [0.717, 1.165) is 0 Å². The molecule has 0 bridgehead atoms. The molecule has 1 aromatic carbocycles. The Labute approximate surface area is 156 Å². The number of carbonyl (C=O) groups excluding carboxylic acids is 3. The lowest BCUT2D eigenvalue weighted by Gasteiger charge is -2.26. The second-order valence-electron chi connectivity index (χ2n) is 5.44. The Kier molecular flexibility index (Phi) is 6.94. The number of halogens is 1. The number of carbonyl (C=O) groups is 3. The summed E-state index contributed by atoms with van der Waals surface area (Å²) in [6.07, 6.45) is 2.53. The third kappa shape index (κ3) is 4.71. The SMILES string of the molecule is CCN(C1=CC(=O)C(NCCO)=CC1=O)c1ccc(NC(=O)CCl)cc1. The molecule has 0 aromatic heterocycles. The van der Waals surface area contributed by atoms with Crippen molar-refractivity contribution in [2.45, 2.75) is 6.92 Å². The molecule has 1 aliphatic rings. The van der Waals surface area contributed by atoms with E-state index in [0.29, 0.717) is 17.9 Å². The number of anilines is 2. The van der Waals surface area contributed by atoms with Gasteiger partial charge in [-0.1, -0.05) is 0 Å². The number of amides is 1. The Bertz CT molecular complexity index is 756. The third-order valence-corrected chi connectivity index (χ3v) is 3.92. The molecule has 0 atom stereocenters. The molecule has 0 spiro atoms. The Morgan fingerprint density at radius 1 is 1.15 bits per heavy atom. The highest BCUT2D eigenvalue weighted by Crippen LogP contribution is 2.24. The average molecular weight is 378 g/mol. The summed E-state index contributed by atoms with van der Waals surface area (Å²) in [6, 6.07) is 6.88. The van der Waals surface area contributed by atoms with Gasteiger partial charge in [-0.2, -0.15) is 0 Å². The molecule has 1 aromatic rings. The fourth-order valence-corrected chi connectivity index (χ4v) is 2.57. The summed E-state index contributed by atoms with van der Waals surface area (Å²) in [4.78, 5) is 37.6. The summed E-state index contributed by atoms with van der Waals surface area (Å²) in [7, 11) is 0. The van der Waals surface area contributed by atoms with Crippen LogP contribution in [-0.2, 0) is 14.4 Å². The molecule has 0 fully saturated rings. The Hall–Kier alpha value is -2.64. The van der Waals surface area contributed by atoms with Gasteiger partial charge in [0.2, 0.25) is 17.5 Å². The fourth-order valence-electron chi connectivity index (χ4n) is 2.50. The number of alkyl halides is 1. The van der Waals surface area contributed by atoms with E-state index in [4.69, 9.17) is 16.7 Å². The highest BCUT2D eigenvalue weighted by molar-refractivity contribution is 6.29. The van der Waals surface area contributed by atoms with Crippen LogP contribution in [0.25, 0.3) is 0 Å². The number of likely N-dealkylation sites (N-methyl/N-ethyl adjacent to an activating group) is 1. The van der Waals surface area contributed by atoms with Crippen molar-refractivity contribution in [3.8, 4) is 0 Å². The molecule has 0 heterocycles. The van der Waals surface area contributed by atoms with Crippen LogP contribution in [0.5, 0.6) is 0 Å². The molecule has 2 rings (SSSR count). The summed E-state index contributed by atoms with van der Waals surface area (Å²) in [5.41, 5.74) is 1.74. The monoisotopic (exact) mass is 377 g/mol. The molecule has 0 radical (unpaired) electrons. The lowest BCUT2D eigenvalue weighted by Crippen LogP contribution is -2.33. The third-order valence-electron chi connectivity index (χ3n) is 3.68. The molecule has 0 saturated carbocycles. The molecule has 0 aliphatic heterocycles. The number of rotatable bonds is 8. The van der Waals surface area contributed by atoms with E-state index in [2.05, 4.69) is 10.6 Å². The minimum atomic E-state index is -0.322. The second kappa shape index (κ2) is 9.17. The predicted octanol–water partition coefficient (Wildman–Crippen LogP) is 1.19. The maximum Gasteiger partial charge on any atom is 0.239 e. The fraction of sp³-hybridized carbons (Fsp3) is 0.278. The standard InChI is InChI=1S/C18H20ClN3O4/c1-2-22(13-5-3-12(4-6-13)21-18(26)11-19)15-10-16(24)14(9-17(15)25)20-7-8-23/h3-6,9-10,20,23H,2,7-8,11H2,1H3,(H,21,26). The van der Waals surface area contributed by atoms with Gasteiger partial charge in [0.1, 0.15) is 5.88 Å². The maximum absolute atomic E-state index is 12.4. The number of nitrogens with zero attached hydrogens (tertiary/aromatic N) is 1. The van der Waals surface area contributed by atoms with Gasteiger partial charge >= 0.3 is 0 Å². The molecular weight excluding hydrogens is 358 g/mol. The molecule has 8 heteroatoms. The van der Waals surface area contributed by atoms with E-state index in [9.17, 15) is 14.4 Å². The van der Waals surface area contributed by atoms with Crippen molar-refractivity contribution in [1.29, 1.82) is 0 Å². The van der Waals surface area contributed by atoms with Gasteiger partial charge in [-0.15, -0.1) is 11.6 Å². The predicted molar refractivity (Wildman–Crippen MR) is 100 cm³/mol. The van der Waals surface area contributed by atoms with Crippen LogP contribution < -0.4 is 15.5 Å². The van der Waals surface area contributed by atoms with E-state index in [-0.39, 0.29) is 47.9 Å². The first-order chi connectivity index (χ1) is 12.5. The zero-order valence-electron chi connectivity index (χ0n) is 14.3. The van der Waals surface area contributed by atoms with Gasteiger partial charge in [0.15, 0.2) is 0 Å². The van der Waals surface area contributed by atoms with Crippen LogP contribution in [0.2, 0.25) is 0 Å². The summed E-state index contributed by atoms with van der Waals surface area (Å²) in [5.74, 6) is -1.06. The molecule has 0 saturated heterocycles. The summed E-state index contributed by atoms with van der Waals surface area (Å²) < 4.78 is 0. The van der Waals surface area contributed by atoms with Gasteiger partial charge in [0, 0.05) is 36.6 Å². The zero-order valence-corrected chi connectivity index (χ0v) is 15.0. The highest BCUT2D eigenvalue weighted by atomic mass is 35.5. The number of aliphatic hydroxyl groups is 1. The van der Waals surface area contributed by atoms with Crippen LogP contribution in [0, 0.1) is 0 Å². The Morgan fingerprint density at radius 3 is 2.42 bits per heavy atom. The molecule has 1 aliphatic carbocycles. The van der Waals surface area contributed by atoms with Crippen LogP contribution in [-0.4, -0.2) is 48.2 Å². The topological polar surface area (TPSA) is 98.7 Å². The summed E-state index contributed by atoms with van der Waals surface area (Å²) in [6.45, 7) is 2.40. The zero-order chi connectivity index (χ0) is 19.1. The van der Waals surface area contributed by atoms with E-state index in [1.807, 2.05) is 6.92 Å². The first kappa shape index (κ1) is 19.7. The number of ketones is 2. The highest BCUT2D eigenvalue weighted by Gasteiger charge is 2.24. The molecule has 7 nitrogen and oxygen atoms in total. The van der Waals surface area contributed by atoms with Crippen molar-refractivity contribution in [3.63, 3.8) is 0 Å². The molecule has 138 valence electrons. The van der Waals surface area contributed by atoms with Crippen molar-refractivity contribution in [3.05, 3.63) is 47.8 Å². The van der Waals surface area contributed by atoms with Gasteiger partial charge in [-0.25, -0.2) is 0 Å². The quantitative estimate of drug-likeness (QED) is 0.465. The molecule has 3 N–H and O–H groups in total. The van der Waals surface area contributed by atoms with Crippen LogP contribution in [0.1, 0.15) is 6.92 Å². The van der Waals surface area contributed by atoms with Gasteiger partial charge in [0.25, 0.3) is 0 Å². The lowest BCUT2D eigenvalue weighted by molar-refractivity contribution is -0.115. The van der Waals surface area contributed by atoms with Gasteiger partial charge < -0.3 is 20.6 Å². The van der Waals surface area contributed by atoms with Crippen molar-refractivity contribution < 1.29 is 19.5 Å². The van der Waals surface area contributed by atoms with Gasteiger partial charge in [-0.3, -0.25) is 14.4 Å². The Morgan fingerprint density at radius 2 is 1.85 bits per heavy atom. The van der Waals surface area contributed by atoms with E-state index in [1.165, 1.54) is 12.2 Å². The Balaban J connectivity index is 2.19. The first-order valence-corrected chi connectivity index (χ1v) is 8.63. The number of benzene rings is 1. The van der Waals surface area contributed by atoms with Crippen LogP contribution >= 0.6 is 11.6 Å². The average Bonchev–Trinajstić information content (AvgIpc) is 2.64. The van der Waals surface area contributed by atoms with Crippen LogP contribution in [0.15, 0.2) is 47.8 Å². The summed E-state index contributed by atoms with van der Waals surface area (Å²) in [5, 5.41) is 14.2. The second-order valence-corrected chi connectivity index (χ2v) is 5.71. The van der Waals surface area contributed by atoms with Gasteiger partial charge in [-0.05, 0) is 31.2 Å². The number of hydrogen-bond donors (Lipinski definition) is 3. The number of nitrogens with one attached hydrogen (secondary N) is 2. The van der Waals surface area contributed by atoms with Crippen molar-refractivity contribution >= 4 is 40.4 Å². The smallest absolute Gasteiger partial charge is 0.239 e. The molecule has 1 amide bonds. The molecular formula is C18H20ClN3O4. The molecule has 0 unspecified atom stereocenters. The summed E-state index contributed by atoms with van der Waals surface area (Å²) >= 11 is 5.46. The van der Waals surface area contributed by atoms with Crippen LogP contribution in [0.3, 0.4) is 0 Å². The number of hydrogen-bond acceptors (Lipinski definition) is 6. The number of aliphatic hydroxyl groups excluding tert-OH is 1. The van der Waals surface area contributed by atoms with Gasteiger partial charge in [0.05, 0.1) is 18.0 Å². The minimum Gasteiger partial charge on any atom is -0.395 e. The molecule has 26 heavy (non-hydrogen) atoms. The maximum atomic E-state index is 12.4. The van der Waals surface area contributed by atoms with Crippen molar-refractivity contribution in [2.75, 3.05) is 35.8 Å². The van der Waals surface area contributed by atoms with Crippen molar-refractivity contribution in [2.24, 2.45) is 0 Å². The van der Waals surface area contributed by atoms with E-state index >= 15 is 0 Å². The van der Waals surface area contributed by atoms with Crippen LogP contribution in [0.4, 0.5) is 11.4 Å². The normalized spacial score (nSPS) is 13.8. The first-order valence-electron chi connectivity index (χ1n) is 8.10. The van der Waals surface area contributed by atoms with E-state index in [1.54, 1.807) is 29.2 Å². The number of allylic oxidation sites excluding steroid dienone is 2. The largest absolute Gasteiger partial charge is 0.395 e. The van der Waals surface area contributed by atoms with Crippen molar-refractivity contribution in [1.82, 2.24) is 5.32 Å². The lowest BCUT2D eigenvalue weighted by atomic mass is 10.0. The van der Waals surface area contributed by atoms with E-state index < -0.39 is 0 Å².